The third-order valence-electron chi connectivity index (χ3n) is 2.65. The van der Waals surface area contributed by atoms with E-state index in [1.54, 1.807) is 12.1 Å². The minimum atomic E-state index is 0.666. The lowest BCUT2D eigenvalue weighted by atomic mass is 9.99. The van der Waals surface area contributed by atoms with Crippen molar-refractivity contribution < 1.29 is 0 Å². The Balaban J connectivity index is 2.58. The van der Waals surface area contributed by atoms with E-state index in [4.69, 9.17) is 34.8 Å². The highest BCUT2D eigenvalue weighted by atomic mass is 35.5. The summed E-state index contributed by atoms with van der Waals surface area (Å²) in [7, 11) is 1.89. The van der Waals surface area contributed by atoms with Gasteiger partial charge < -0.3 is 5.32 Å². The van der Waals surface area contributed by atoms with Gasteiger partial charge in [0.1, 0.15) is 0 Å². The van der Waals surface area contributed by atoms with Crippen LogP contribution in [0.2, 0.25) is 15.1 Å². The molecule has 0 heterocycles. The number of hydrogen-bond donors (Lipinski definition) is 1. The molecule has 0 aliphatic rings. The van der Waals surface area contributed by atoms with Crippen LogP contribution < -0.4 is 5.32 Å². The molecule has 0 aliphatic carbocycles. The van der Waals surface area contributed by atoms with E-state index in [1.165, 1.54) is 0 Å². The summed E-state index contributed by atoms with van der Waals surface area (Å²) in [5, 5.41) is 5.18. The molecule has 0 spiro atoms. The largest absolute Gasteiger partial charge is 0.316 e. The molecule has 0 fully saturated rings. The maximum atomic E-state index is 6.23. The van der Waals surface area contributed by atoms with E-state index in [0.29, 0.717) is 15.1 Å². The van der Waals surface area contributed by atoms with Gasteiger partial charge in [0.05, 0.1) is 0 Å². The molecule has 0 unspecified atom stereocenters. The molecule has 0 saturated heterocycles. The molecule has 1 nitrogen and oxygen atoms in total. The van der Waals surface area contributed by atoms with Crippen molar-refractivity contribution in [3.8, 4) is 11.1 Å². The number of benzene rings is 2. The van der Waals surface area contributed by atoms with Crippen LogP contribution in [0.25, 0.3) is 11.1 Å². The predicted molar refractivity (Wildman–Crippen MR) is 79.7 cm³/mol. The Bertz CT molecular complexity index is 567. The van der Waals surface area contributed by atoms with E-state index < -0.39 is 0 Å². The van der Waals surface area contributed by atoms with Crippen LogP contribution in [0.4, 0.5) is 0 Å². The third-order valence-corrected chi connectivity index (χ3v) is 3.45. The van der Waals surface area contributed by atoms with Crippen LogP contribution >= 0.6 is 34.8 Å². The highest BCUT2D eigenvalue weighted by Gasteiger charge is 2.09. The lowest BCUT2D eigenvalue weighted by molar-refractivity contribution is 0.819. The van der Waals surface area contributed by atoms with Gasteiger partial charge in [-0.2, -0.15) is 0 Å². The quantitative estimate of drug-likeness (QED) is 0.838. The third kappa shape index (κ3) is 2.99. The van der Waals surface area contributed by atoms with E-state index in [1.807, 2.05) is 31.3 Å². The Hall–Kier alpha value is -0.730. The normalized spacial score (nSPS) is 10.7. The standard InChI is InChI=1S/C14H12Cl3N/c1-18-8-9-6-10(15)2-4-12(9)13-7-11(16)3-5-14(13)17/h2-7,18H,8H2,1H3. The first-order valence-electron chi connectivity index (χ1n) is 5.50. The van der Waals surface area contributed by atoms with Gasteiger partial charge in [0, 0.05) is 27.2 Å². The highest BCUT2D eigenvalue weighted by molar-refractivity contribution is 6.35. The minimum absolute atomic E-state index is 0.666. The first-order valence-corrected chi connectivity index (χ1v) is 6.63. The fourth-order valence-corrected chi connectivity index (χ4v) is 2.45. The average molecular weight is 301 g/mol. The second-order valence-electron chi connectivity index (χ2n) is 3.96. The van der Waals surface area contributed by atoms with Crippen molar-refractivity contribution in [3.63, 3.8) is 0 Å². The maximum Gasteiger partial charge on any atom is 0.0485 e. The Morgan fingerprint density at radius 2 is 1.56 bits per heavy atom. The van der Waals surface area contributed by atoms with Gasteiger partial charge in [0.2, 0.25) is 0 Å². The summed E-state index contributed by atoms with van der Waals surface area (Å²) in [4.78, 5) is 0. The zero-order valence-electron chi connectivity index (χ0n) is 9.81. The molecule has 2 aromatic carbocycles. The molecule has 0 radical (unpaired) electrons. The van der Waals surface area contributed by atoms with Gasteiger partial charge in [-0.15, -0.1) is 0 Å². The van der Waals surface area contributed by atoms with Crippen molar-refractivity contribution >= 4 is 34.8 Å². The molecule has 2 aromatic rings. The molecule has 1 N–H and O–H groups in total. The average Bonchev–Trinajstić information content (AvgIpc) is 2.33. The fourth-order valence-electron chi connectivity index (χ4n) is 1.87. The monoisotopic (exact) mass is 299 g/mol. The molecular weight excluding hydrogens is 289 g/mol. The van der Waals surface area contributed by atoms with Gasteiger partial charge >= 0.3 is 0 Å². The number of hydrogen-bond acceptors (Lipinski definition) is 1. The molecule has 0 amide bonds. The van der Waals surface area contributed by atoms with Crippen LogP contribution in [0.1, 0.15) is 5.56 Å². The van der Waals surface area contributed by atoms with Crippen molar-refractivity contribution in [2.24, 2.45) is 0 Å². The molecule has 4 heteroatoms. The van der Waals surface area contributed by atoms with Gasteiger partial charge in [-0.25, -0.2) is 0 Å². The molecular formula is C14H12Cl3N. The second kappa shape index (κ2) is 5.94. The number of rotatable bonds is 3. The Kier molecular flexibility index (Phi) is 4.52. The van der Waals surface area contributed by atoms with Crippen molar-refractivity contribution in [3.05, 3.63) is 57.0 Å². The van der Waals surface area contributed by atoms with E-state index in [9.17, 15) is 0 Å². The highest BCUT2D eigenvalue weighted by Crippen LogP contribution is 2.33. The molecule has 0 atom stereocenters. The van der Waals surface area contributed by atoms with Crippen LogP contribution in [-0.2, 0) is 6.54 Å². The van der Waals surface area contributed by atoms with E-state index in [-0.39, 0.29) is 0 Å². The Labute approximate surface area is 122 Å². The zero-order chi connectivity index (χ0) is 13.1. The summed E-state index contributed by atoms with van der Waals surface area (Å²) in [6.07, 6.45) is 0. The number of nitrogens with one attached hydrogen (secondary N) is 1. The summed E-state index contributed by atoms with van der Waals surface area (Å²) in [5.41, 5.74) is 3.06. The summed E-state index contributed by atoms with van der Waals surface area (Å²) in [6.45, 7) is 0.721. The molecule has 2 rings (SSSR count). The van der Waals surface area contributed by atoms with Crippen LogP contribution in [0, 0.1) is 0 Å². The first-order chi connectivity index (χ1) is 8.61. The minimum Gasteiger partial charge on any atom is -0.316 e. The molecule has 0 aromatic heterocycles. The Morgan fingerprint density at radius 1 is 0.889 bits per heavy atom. The SMILES string of the molecule is CNCc1cc(Cl)ccc1-c1cc(Cl)ccc1Cl. The summed E-state index contributed by atoms with van der Waals surface area (Å²) in [6, 6.07) is 11.2. The molecule has 18 heavy (non-hydrogen) atoms. The molecule has 0 aliphatic heterocycles. The van der Waals surface area contributed by atoms with E-state index in [2.05, 4.69) is 5.32 Å². The van der Waals surface area contributed by atoms with E-state index >= 15 is 0 Å². The molecule has 94 valence electrons. The van der Waals surface area contributed by atoms with Gasteiger partial charge in [-0.3, -0.25) is 0 Å². The van der Waals surface area contributed by atoms with Gasteiger partial charge in [-0.05, 0) is 48.5 Å². The molecule has 0 saturated carbocycles. The van der Waals surface area contributed by atoms with Crippen molar-refractivity contribution in [2.45, 2.75) is 6.54 Å². The van der Waals surface area contributed by atoms with Crippen LogP contribution in [-0.4, -0.2) is 7.05 Å². The van der Waals surface area contributed by atoms with Crippen molar-refractivity contribution in [1.82, 2.24) is 5.32 Å². The van der Waals surface area contributed by atoms with Crippen molar-refractivity contribution in [2.75, 3.05) is 7.05 Å². The van der Waals surface area contributed by atoms with Crippen LogP contribution in [0.5, 0.6) is 0 Å². The van der Waals surface area contributed by atoms with Crippen molar-refractivity contribution in [1.29, 1.82) is 0 Å². The van der Waals surface area contributed by atoms with Gasteiger partial charge in [0.25, 0.3) is 0 Å². The Morgan fingerprint density at radius 3 is 2.28 bits per heavy atom. The lowest BCUT2D eigenvalue weighted by Gasteiger charge is -2.12. The second-order valence-corrected chi connectivity index (χ2v) is 5.24. The van der Waals surface area contributed by atoms with Gasteiger partial charge in [0.15, 0.2) is 0 Å². The predicted octanol–water partition coefficient (Wildman–Crippen LogP) is 5.03. The molecule has 0 bridgehead atoms. The summed E-state index contributed by atoms with van der Waals surface area (Å²) < 4.78 is 0. The topological polar surface area (TPSA) is 12.0 Å². The van der Waals surface area contributed by atoms with Crippen LogP contribution in [0.15, 0.2) is 36.4 Å². The lowest BCUT2D eigenvalue weighted by Crippen LogP contribution is -2.06. The first kappa shape index (κ1) is 13.7. The maximum absolute atomic E-state index is 6.23. The van der Waals surface area contributed by atoms with Crippen LogP contribution in [0.3, 0.4) is 0 Å². The number of halogens is 3. The van der Waals surface area contributed by atoms with Gasteiger partial charge in [-0.1, -0.05) is 40.9 Å². The summed E-state index contributed by atoms with van der Waals surface area (Å²) >= 11 is 18.3. The zero-order valence-corrected chi connectivity index (χ0v) is 12.1. The fraction of sp³-hybridized carbons (Fsp3) is 0.143. The smallest absolute Gasteiger partial charge is 0.0485 e. The van der Waals surface area contributed by atoms with E-state index in [0.717, 1.165) is 23.2 Å². The summed E-state index contributed by atoms with van der Waals surface area (Å²) in [5.74, 6) is 0.